The van der Waals surface area contributed by atoms with E-state index < -0.39 is 0 Å². The molecule has 2 rings (SSSR count). The zero-order valence-electron chi connectivity index (χ0n) is 10.6. The predicted molar refractivity (Wildman–Crippen MR) is 65.1 cm³/mol. The highest BCUT2D eigenvalue weighted by Gasteiger charge is 2.17. The van der Waals surface area contributed by atoms with Gasteiger partial charge in [-0.15, -0.1) is 0 Å². The van der Waals surface area contributed by atoms with Gasteiger partial charge in [-0.3, -0.25) is 14.8 Å². The molecule has 1 atom stereocenters. The van der Waals surface area contributed by atoms with Gasteiger partial charge in [0.15, 0.2) is 0 Å². The first-order valence-electron chi connectivity index (χ1n) is 6.18. The number of ether oxygens (including phenoxy) is 2. The number of nitrogens with zero attached hydrogens (tertiary/aromatic N) is 2. The minimum absolute atomic E-state index is 0.133. The van der Waals surface area contributed by atoms with Gasteiger partial charge in [-0.05, 0) is 0 Å². The number of rotatable bonds is 6. The summed E-state index contributed by atoms with van der Waals surface area (Å²) in [5.41, 5.74) is 2.21. The number of aromatic nitrogens is 2. The summed E-state index contributed by atoms with van der Waals surface area (Å²) in [7, 11) is 0. The van der Waals surface area contributed by atoms with E-state index in [-0.39, 0.29) is 5.92 Å². The van der Waals surface area contributed by atoms with Crippen molar-refractivity contribution in [2.45, 2.75) is 19.4 Å². The number of H-pyrrole nitrogens is 1. The summed E-state index contributed by atoms with van der Waals surface area (Å²) in [6, 6.07) is 0. The molecule has 0 spiro atoms. The first kappa shape index (κ1) is 13.0. The number of morpholine rings is 1. The highest BCUT2D eigenvalue weighted by atomic mass is 16.5. The van der Waals surface area contributed by atoms with Gasteiger partial charge in [0, 0.05) is 36.8 Å². The average molecular weight is 253 g/mol. The standard InChI is InChI=1S/C12H19N3O3/c1-10(8-18-9-16)12-11(6-13-14-12)7-15-2-4-17-5-3-15/h6,9-10H,2-5,7-8H2,1H3,(H,13,14). The lowest BCUT2D eigenvalue weighted by Gasteiger charge is -2.26. The zero-order valence-corrected chi connectivity index (χ0v) is 10.6. The highest BCUT2D eigenvalue weighted by Crippen LogP contribution is 2.19. The second-order valence-electron chi connectivity index (χ2n) is 4.53. The van der Waals surface area contributed by atoms with Gasteiger partial charge in [0.2, 0.25) is 0 Å². The van der Waals surface area contributed by atoms with E-state index in [4.69, 9.17) is 9.47 Å². The lowest BCUT2D eigenvalue weighted by molar-refractivity contribution is -0.129. The summed E-state index contributed by atoms with van der Waals surface area (Å²) < 4.78 is 10.1. The van der Waals surface area contributed by atoms with E-state index in [1.165, 1.54) is 5.56 Å². The van der Waals surface area contributed by atoms with Crippen LogP contribution in [0.2, 0.25) is 0 Å². The Morgan fingerprint density at radius 3 is 3.11 bits per heavy atom. The molecule has 0 aromatic carbocycles. The molecule has 1 aliphatic heterocycles. The molecule has 0 saturated carbocycles. The van der Waals surface area contributed by atoms with Gasteiger partial charge in [0.25, 0.3) is 6.47 Å². The Balaban J connectivity index is 1.95. The maximum absolute atomic E-state index is 10.2. The van der Waals surface area contributed by atoms with Gasteiger partial charge in [-0.2, -0.15) is 5.10 Å². The van der Waals surface area contributed by atoms with Crippen molar-refractivity contribution in [3.63, 3.8) is 0 Å². The maximum Gasteiger partial charge on any atom is 0.293 e. The smallest absolute Gasteiger partial charge is 0.293 e. The molecule has 100 valence electrons. The summed E-state index contributed by atoms with van der Waals surface area (Å²) in [4.78, 5) is 12.5. The molecular formula is C12H19N3O3. The number of nitrogens with one attached hydrogen (secondary N) is 1. The van der Waals surface area contributed by atoms with E-state index in [1.807, 2.05) is 13.1 Å². The third-order valence-electron chi connectivity index (χ3n) is 3.16. The zero-order chi connectivity index (χ0) is 12.8. The number of hydrogen-bond donors (Lipinski definition) is 1. The van der Waals surface area contributed by atoms with Crippen LogP contribution < -0.4 is 0 Å². The fourth-order valence-corrected chi connectivity index (χ4v) is 2.14. The molecule has 1 aromatic heterocycles. The SMILES string of the molecule is CC(COC=O)c1[nH]ncc1CN1CCOCC1. The van der Waals surface area contributed by atoms with E-state index in [2.05, 4.69) is 15.1 Å². The molecule has 2 heterocycles. The topological polar surface area (TPSA) is 67.5 Å². The van der Waals surface area contributed by atoms with E-state index in [0.717, 1.165) is 38.5 Å². The maximum atomic E-state index is 10.2. The van der Waals surface area contributed by atoms with Gasteiger partial charge >= 0.3 is 0 Å². The van der Waals surface area contributed by atoms with Gasteiger partial charge in [0.1, 0.15) is 0 Å². The van der Waals surface area contributed by atoms with Crippen LogP contribution in [-0.2, 0) is 20.8 Å². The highest BCUT2D eigenvalue weighted by molar-refractivity contribution is 5.37. The predicted octanol–water partition coefficient (Wildman–Crippen LogP) is 0.518. The van der Waals surface area contributed by atoms with Crippen molar-refractivity contribution in [3.05, 3.63) is 17.5 Å². The summed E-state index contributed by atoms with van der Waals surface area (Å²) >= 11 is 0. The summed E-state index contributed by atoms with van der Waals surface area (Å²) in [5, 5.41) is 7.09. The van der Waals surface area contributed by atoms with Gasteiger partial charge in [-0.25, -0.2) is 0 Å². The molecule has 1 fully saturated rings. The van der Waals surface area contributed by atoms with E-state index in [9.17, 15) is 4.79 Å². The third-order valence-corrected chi connectivity index (χ3v) is 3.16. The number of aromatic amines is 1. The Kier molecular flexibility index (Phi) is 4.72. The fraction of sp³-hybridized carbons (Fsp3) is 0.667. The van der Waals surface area contributed by atoms with Crippen LogP contribution in [0.1, 0.15) is 24.1 Å². The van der Waals surface area contributed by atoms with Gasteiger partial charge < -0.3 is 9.47 Å². The quantitative estimate of drug-likeness (QED) is 0.749. The van der Waals surface area contributed by atoms with Crippen LogP contribution in [0.5, 0.6) is 0 Å². The van der Waals surface area contributed by atoms with Crippen LogP contribution in [0.15, 0.2) is 6.20 Å². The van der Waals surface area contributed by atoms with Crippen LogP contribution in [0.3, 0.4) is 0 Å². The average Bonchev–Trinajstić information content (AvgIpc) is 2.85. The molecule has 1 aromatic rings. The monoisotopic (exact) mass is 253 g/mol. The Hall–Kier alpha value is -1.40. The Morgan fingerprint density at radius 1 is 1.61 bits per heavy atom. The van der Waals surface area contributed by atoms with Crippen molar-refractivity contribution >= 4 is 6.47 Å². The molecular weight excluding hydrogens is 234 g/mol. The molecule has 1 unspecified atom stereocenters. The summed E-state index contributed by atoms with van der Waals surface area (Å²) in [6.45, 7) is 7.21. The summed E-state index contributed by atoms with van der Waals surface area (Å²) in [6.07, 6.45) is 1.85. The second kappa shape index (κ2) is 6.51. The molecule has 1 aliphatic rings. The Labute approximate surface area is 106 Å². The lowest BCUT2D eigenvalue weighted by Crippen LogP contribution is -2.35. The molecule has 18 heavy (non-hydrogen) atoms. The third kappa shape index (κ3) is 3.30. The number of hydrogen-bond acceptors (Lipinski definition) is 5. The van der Waals surface area contributed by atoms with Crippen LogP contribution in [0.25, 0.3) is 0 Å². The van der Waals surface area contributed by atoms with Crippen molar-refractivity contribution in [2.75, 3.05) is 32.9 Å². The van der Waals surface area contributed by atoms with Gasteiger partial charge in [0.05, 0.1) is 26.0 Å². The van der Waals surface area contributed by atoms with Crippen molar-refractivity contribution in [3.8, 4) is 0 Å². The Morgan fingerprint density at radius 2 is 2.39 bits per heavy atom. The second-order valence-corrected chi connectivity index (χ2v) is 4.53. The van der Waals surface area contributed by atoms with Crippen LogP contribution in [0, 0.1) is 0 Å². The van der Waals surface area contributed by atoms with Crippen molar-refractivity contribution in [2.24, 2.45) is 0 Å². The first-order chi connectivity index (χ1) is 8.81. The van der Waals surface area contributed by atoms with E-state index >= 15 is 0 Å². The molecule has 0 bridgehead atoms. The van der Waals surface area contributed by atoms with Gasteiger partial charge in [-0.1, -0.05) is 6.92 Å². The van der Waals surface area contributed by atoms with Crippen LogP contribution in [0.4, 0.5) is 0 Å². The lowest BCUT2D eigenvalue weighted by atomic mass is 10.0. The number of carbonyl (C=O) groups excluding carboxylic acids is 1. The van der Waals surface area contributed by atoms with E-state index in [0.29, 0.717) is 13.1 Å². The number of carbonyl (C=O) groups is 1. The molecule has 0 aliphatic carbocycles. The molecule has 6 nitrogen and oxygen atoms in total. The molecule has 0 amide bonds. The minimum atomic E-state index is 0.133. The Bertz CT molecular complexity index is 374. The first-order valence-corrected chi connectivity index (χ1v) is 6.18. The van der Waals surface area contributed by atoms with Crippen LogP contribution in [-0.4, -0.2) is 54.5 Å². The van der Waals surface area contributed by atoms with Crippen LogP contribution >= 0.6 is 0 Å². The normalized spacial score (nSPS) is 18.5. The van der Waals surface area contributed by atoms with E-state index in [1.54, 1.807) is 0 Å². The molecule has 0 radical (unpaired) electrons. The fourth-order valence-electron chi connectivity index (χ4n) is 2.14. The molecule has 6 heteroatoms. The van der Waals surface area contributed by atoms with Crippen molar-refractivity contribution < 1.29 is 14.3 Å². The minimum Gasteiger partial charge on any atom is -0.467 e. The largest absolute Gasteiger partial charge is 0.467 e. The molecule has 1 saturated heterocycles. The van der Waals surface area contributed by atoms with Crippen molar-refractivity contribution in [1.29, 1.82) is 0 Å². The molecule has 1 N–H and O–H groups in total. The van der Waals surface area contributed by atoms with Crippen molar-refractivity contribution in [1.82, 2.24) is 15.1 Å². The summed E-state index contributed by atoms with van der Waals surface area (Å²) in [5.74, 6) is 0.133.